The zero-order valence-corrected chi connectivity index (χ0v) is 15.1. The van der Waals surface area contributed by atoms with Gasteiger partial charge in [0, 0.05) is 24.1 Å². The van der Waals surface area contributed by atoms with Gasteiger partial charge in [-0.3, -0.25) is 4.79 Å². The normalized spacial score (nSPS) is 10.7. The Morgan fingerprint density at radius 2 is 1.73 bits per heavy atom. The van der Waals surface area contributed by atoms with Crippen molar-refractivity contribution in [1.29, 1.82) is 0 Å². The van der Waals surface area contributed by atoms with Crippen molar-refractivity contribution < 1.29 is 13.9 Å². The third kappa shape index (κ3) is 4.11. The molecule has 0 saturated heterocycles. The fraction of sp³-hybridized carbons (Fsp3) is 0.238. The molecule has 0 saturated carbocycles. The Hall–Kier alpha value is -3.08. The summed E-state index contributed by atoms with van der Waals surface area (Å²) in [6.07, 6.45) is 0. The number of aryl methyl sites for hydroxylation is 3. The fourth-order valence-corrected chi connectivity index (χ4v) is 3.01. The minimum absolute atomic E-state index is 0.105. The Labute approximate surface area is 151 Å². The molecule has 1 aromatic heterocycles. The zero-order chi connectivity index (χ0) is 18.7. The van der Waals surface area contributed by atoms with Crippen LogP contribution >= 0.6 is 0 Å². The van der Waals surface area contributed by atoms with Crippen LogP contribution in [0.4, 0.5) is 0 Å². The molecule has 5 nitrogen and oxygen atoms in total. The molecular weight excluding hydrogens is 330 g/mol. The number of hydrogen-bond donors (Lipinski definition) is 1. The van der Waals surface area contributed by atoms with Crippen LogP contribution < -0.4 is 15.7 Å². The van der Waals surface area contributed by atoms with Gasteiger partial charge in [-0.2, -0.15) is 0 Å². The summed E-state index contributed by atoms with van der Waals surface area (Å²) in [6.45, 7) is 6.50. The lowest BCUT2D eigenvalue weighted by Gasteiger charge is -2.13. The van der Waals surface area contributed by atoms with Crippen molar-refractivity contribution in [3.63, 3.8) is 0 Å². The van der Waals surface area contributed by atoms with Crippen LogP contribution in [0.25, 0.3) is 11.0 Å². The van der Waals surface area contributed by atoms with E-state index in [-0.39, 0.29) is 12.5 Å². The number of fused-ring (bicyclic) bond motifs is 1. The maximum Gasteiger partial charge on any atom is 0.336 e. The second kappa shape index (κ2) is 7.44. The SMILES string of the molecule is Cc1cc(C)c(CNC(=O)COc2ccc3ccc(=O)oc3c2)c(C)c1. The topological polar surface area (TPSA) is 68.5 Å². The van der Waals surface area contributed by atoms with Gasteiger partial charge < -0.3 is 14.5 Å². The van der Waals surface area contributed by atoms with Gasteiger partial charge in [0.25, 0.3) is 5.91 Å². The number of rotatable bonds is 5. The summed E-state index contributed by atoms with van der Waals surface area (Å²) < 4.78 is 10.6. The van der Waals surface area contributed by atoms with Crippen molar-refractivity contribution in [1.82, 2.24) is 5.32 Å². The molecule has 26 heavy (non-hydrogen) atoms. The molecule has 0 bridgehead atoms. The molecule has 0 aliphatic rings. The van der Waals surface area contributed by atoms with E-state index in [9.17, 15) is 9.59 Å². The fourth-order valence-electron chi connectivity index (χ4n) is 3.01. The van der Waals surface area contributed by atoms with Gasteiger partial charge in [0.2, 0.25) is 0 Å². The van der Waals surface area contributed by atoms with Crippen LogP contribution in [0.1, 0.15) is 22.3 Å². The standard InChI is InChI=1S/C21H21NO4/c1-13-8-14(2)18(15(3)9-13)11-22-20(23)12-25-17-6-4-16-5-7-21(24)26-19(16)10-17/h4-10H,11-12H2,1-3H3,(H,22,23). The molecule has 0 aliphatic heterocycles. The molecule has 0 fully saturated rings. The smallest absolute Gasteiger partial charge is 0.336 e. The van der Waals surface area contributed by atoms with E-state index >= 15 is 0 Å². The first-order chi connectivity index (χ1) is 12.4. The second-order valence-electron chi connectivity index (χ2n) is 6.40. The van der Waals surface area contributed by atoms with E-state index in [0.29, 0.717) is 17.9 Å². The van der Waals surface area contributed by atoms with Crippen molar-refractivity contribution in [2.45, 2.75) is 27.3 Å². The summed E-state index contributed by atoms with van der Waals surface area (Å²) >= 11 is 0. The number of carbonyl (C=O) groups excluding carboxylic acids is 1. The van der Waals surface area contributed by atoms with E-state index in [1.54, 1.807) is 24.3 Å². The lowest BCUT2D eigenvalue weighted by atomic mass is 10.00. The van der Waals surface area contributed by atoms with Crippen LogP contribution in [-0.2, 0) is 11.3 Å². The zero-order valence-electron chi connectivity index (χ0n) is 15.1. The monoisotopic (exact) mass is 351 g/mol. The molecule has 1 heterocycles. The summed E-state index contributed by atoms with van der Waals surface area (Å²) in [5, 5.41) is 3.68. The van der Waals surface area contributed by atoms with Crippen molar-refractivity contribution >= 4 is 16.9 Å². The molecule has 0 atom stereocenters. The Bertz CT molecular complexity index is 997. The summed E-state index contributed by atoms with van der Waals surface area (Å²) in [6, 6.07) is 12.4. The average molecular weight is 351 g/mol. The van der Waals surface area contributed by atoms with E-state index in [1.807, 2.05) is 13.8 Å². The average Bonchev–Trinajstić information content (AvgIpc) is 2.58. The van der Waals surface area contributed by atoms with Gasteiger partial charge >= 0.3 is 5.63 Å². The molecule has 0 spiro atoms. The van der Waals surface area contributed by atoms with Crippen LogP contribution in [0.2, 0.25) is 0 Å². The van der Waals surface area contributed by atoms with Crippen LogP contribution in [0.5, 0.6) is 5.75 Å². The molecule has 0 aliphatic carbocycles. The molecule has 5 heteroatoms. The van der Waals surface area contributed by atoms with Crippen molar-refractivity contribution in [3.8, 4) is 5.75 Å². The number of carbonyl (C=O) groups is 1. The van der Waals surface area contributed by atoms with E-state index < -0.39 is 5.63 Å². The summed E-state index contributed by atoms with van der Waals surface area (Å²) in [4.78, 5) is 23.4. The van der Waals surface area contributed by atoms with Crippen molar-refractivity contribution in [2.24, 2.45) is 0 Å². The molecule has 1 amide bonds. The van der Waals surface area contributed by atoms with E-state index in [1.165, 1.54) is 11.6 Å². The van der Waals surface area contributed by atoms with Gasteiger partial charge in [0.1, 0.15) is 11.3 Å². The molecule has 134 valence electrons. The Balaban J connectivity index is 1.60. The lowest BCUT2D eigenvalue weighted by molar-refractivity contribution is -0.123. The number of hydrogen-bond acceptors (Lipinski definition) is 4. The van der Waals surface area contributed by atoms with Crippen molar-refractivity contribution in [2.75, 3.05) is 6.61 Å². The minimum atomic E-state index is -0.420. The summed E-state index contributed by atoms with van der Waals surface area (Å²) in [5.74, 6) is 0.267. The minimum Gasteiger partial charge on any atom is -0.484 e. The van der Waals surface area contributed by atoms with Crippen LogP contribution in [0.3, 0.4) is 0 Å². The first-order valence-corrected chi connectivity index (χ1v) is 8.42. The molecule has 0 unspecified atom stereocenters. The number of ether oxygens (including phenoxy) is 1. The highest BCUT2D eigenvalue weighted by molar-refractivity contribution is 5.79. The molecule has 0 radical (unpaired) electrons. The predicted molar refractivity (Wildman–Crippen MR) is 100 cm³/mol. The maximum absolute atomic E-state index is 12.1. The molecular formula is C21H21NO4. The first-order valence-electron chi connectivity index (χ1n) is 8.42. The molecule has 3 rings (SSSR count). The Morgan fingerprint density at radius 1 is 1.04 bits per heavy atom. The Kier molecular flexibility index (Phi) is 5.07. The van der Waals surface area contributed by atoms with Gasteiger partial charge in [-0.15, -0.1) is 0 Å². The third-order valence-corrected chi connectivity index (χ3v) is 4.27. The maximum atomic E-state index is 12.1. The lowest BCUT2D eigenvalue weighted by Crippen LogP contribution is -2.29. The summed E-state index contributed by atoms with van der Waals surface area (Å²) in [5.41, 5.74) is 4.66. The highest BCUT2D eigenvalue weighted by Gasteiger charge is 2.08. The first kappa shape index (κ1) is 17.7. The van der Waals surface area contributed by atoms with Gasteiger partial charge in [0.05, 0.1) is 0 Å². The Morgan fingerprint density at radius 3 is 2.46 bits per heavy atom. The van der Waals surface area contributed by atoms with Gasteiger partial charge in [0.15, 0.2) is 6.61 Å². The predicted octanol–water partition coefficient (Wildman–Crippen LogP) is 3.41. The van der Waals surface area contributed by atoms with Crippen LogP contribution in [0, 0.1) is 20.8 Å². The van der Waals surface area contributed by atoms with E-state index in [4.69, 9.17) is 9.15 Å². The van der Waals surface area contributed by atoms with Crippen molar-refractivity contribution in [3.05, 3.63) is 75.1 Å². The highest BCUT2D eigenvalue weighted by atomic mass is 16.5. The molecule has 3 aromatic rings. The van der Waals surface area contributed by atoms with Crippen LogP contribution in [-0.4, -0.2) is 12.5 Å². The van der Waals surface area contributed by atoms with E-state index in [0.717, 1.165) is 22.1 Å². The number of nitrogens with one attached hydrogen (secondary N) is 1. The number of amides is 1. The van der Waals surface area contributed by atoms with Gasteiger partial charge in [-0.1, -0.05) is 17.7 Å². The highest BCUT2D eigenvalue weighted by Crippen LogP contribution is 2.19. The molecule has 1 N–H and O–H groups in total. The van der Waals surface area contributed by atoms with Gasteiger partial charge in [-0.05, 0) is 55.7 Å². The number of benzene rings is 2. The second-order valence-corrected chi connectivity index (χ2v) is 6.40. The largest absolute Gasteiger partial charge is 0.484 e. The van der Waals surface area contributed by atoms with Crippen LogP contribution in [0.15, 0.2) is 51.7 Å². The van der Waals surface area contributed by atoms with E-state index in [2.05, 4.69) is 24.4 Å². The third-order valence-electron chi connectivity index (χ3n) is 4.27. The molecule has 2 aromatic carbocycles. The van der Waals surface area contributed by atoms with Gasteiger partial charge in [-0.25, -0.2) is 4.79 Å². The summed E-state index contributed by atoms with van der Waals surface area (Å²) in [7, 11) is 0. The quantitative estimate of drug-likeness (QED) is 0.715.